The van der Waals surface area contributed by atoms with E-state index in [1.165, 1.54) is 13.2 Å². The van der Waals surface area contributed by atoms with E-state index in [1.807, 2.05) is 0 Å². The van der Waals surface area contributed by atoms with Gasteiger partial charge in [0.1, 0.15) is 5.57 Å². The number of nitrogens with zero attached hydrogens (tertiary/aromatic N) is 1. The van der Waals surface area contributed by atoms with Crippen molar-refractivity contribution in [1.29, 1.82) is 0 Å². The number of thiocarbonyl (C=S) groups is 1. The minimum atomic E-state index is -0.682. The highest BCUT2D eigenvalue weighted by atomic mass is 79.9. The van der Waals surface area contributed by atoms with E-state index in [-0.39, 0.29) is 38.8 Å². The maximum absolute atomic E-state index is 13.3. The Morgan fingerprint density at radius 3 is 2.65 bits per heavy atom. The third-order valence-corrected chi connectivity index (χ3v) is 6.16. The van der Waals surface area contributed by atoms with E-state index in [4.69, 9.17) is 44.9 Å². The number of nitrogens with one attached hydrogen (secondary N) is 1. The molecule has 0 aliphatic carbocycles. The first-order chi connectivity index (χ1) is 16.2. The lowest BCUT2D eigenvalue weighted by Crippen LogP contribution is -2.54. The van der Waals surface area contributed by atoms with Crippen LogP contribution in [-0.2, 0) is 19.1 Å². The molecular formula is C22H17BrCl2N2O6S. The molecule has 1 saturated heterocycles. The Hall–Kier alpha value is -2.66. The quantitative estimate of drug-likeness (QED) is 0.220. The van der Waals surface area contributed by atoms with E-state index in [1.54, 1.807) is 37.3 Å². The predicted octanol–water partition coefficient (Wildman–Crippen LogP) is 4.54. The average Bonchev–Trinajstić information content (AvgIpc) is 2.78. The first-order valence-electron chi connectivity index (χ1n) is 9.69. The van der Waals surface area contributed by atoms with Gasteiger partial charge >= 0.3 is 5.97 Å². The average molecular weight is 588 g/mol. The normalized spacial score (nSPS) is 14.8. The molecule has 2 aromatic carbocycles. The molecule has 1 N–H and O–H groups in total. The highest BCUT2D eigenvalue weighted by molar-refractivity contribution is 9.10. The summed E-state index contributed by atoms with van der Waals surface area (Å²) in [7, 11) is 1.25. The minimum Gasteiger partial charge on any atom is -0.490 e. The molecule has 0 saturated carbocycles. The Morgan fingerprint density at radius 2 is 1.97 bits per heavy atom. The van der Waals surface area contributed by atoms with E-state index in [9.17, 15) is 14.4 Å². The van der Waals surface area contributed by atoms with Gasteiger partial charge in [-0.1, -0.05) is 29.3 Å². The third kappa shape index (κ3) is 5.52. The highest BCUT2D eigenvalue weighted by Gasteiger charge is 2.35. The lowest BCUT2D eigenvalue weighted by molar-refractivity contribution is -0.143. The zero-order valence-corrected chi connectivity index (χ0v) is 21.7. The van der Waals surface area contributed by atoms with Gasteiger partial charge in [-0.2, -0.15) is 0 Å². The minimum absolute atomic E-state index is 0.115. The van der Waals surface area contributed by atoms with Gasteiger partial charge in [-0.15, -0.1) is 0 Å². The van der Waals surface area contributed by atoms with E-state index >= 15 is 0 Å². The van der Waals surface area contributed by atoms with Gasteiger partial charge in [-0.25, -0.2) is 4.79 Å². The van der Waals surface area contributed by atoms with Crippen molar-refractivity contribution in [2.45, 2.75) is 6.92 Å². The Morgan fingerprint density at radius 1 is 1.24 bits per heavy atom. The molecule has 1 aliphatic heterocycles. The molecule has 0 spiro atoms. The second kappa shape index (κ2) is 11.2. The number of rotatable bonds is 7. The maximum Gasteiger partial charge on any atom is 0.343 e. The van der Waals surface area contributed by atoms with Crippen LogP contribution < -0.4 is 19.7 Å². The number of ether oxygens (including phenoxy) is 3. The van der Waals surface area contributed by atoms with Crippen molar-refractivity contribution in [3.63, 3.8) is 0 Å². The summed E-state index contributed by atoms with van der Waals surface area (Å²) in [5.74, 6) is -1.37. The fraction of sp³-hybridized carbons (Fsp3) is 0.182. The van der Waals surface area contributed by atoms with Crippen LogP contribution in [0, 0.1) is 0 Å². The van der Waals surface area contributed by atoms with Crippen molar-refractivity contribution in [2.24, 2.45) is 0 Å². The van der Waals surface area contributed by atoms with Gasteiger partial charge < -0.3 is 14.2 Å². The SMILES string of the molecule is CCOc1cc(/C=C2\C(=O)NC(=S)N(c3cccc(Cl)c3Cl)C2=O)cc(Br)c1OCC(=O)OC. The zero-order chi connectivity index (χ0) is 25.0. The summed E-state index contributed by atoms with van der Waals surface area (Å²) in [6, 6.07) is 7.91. The Labute approximate surface area is 218 Å². The third-order valence-electron chi connectivity index (χ3n) is 4.48. The van der Waals surface area contributed by atoms with Crippen LogP contribution in [0.1, 0.15) is 12.5 Å². The molecule has 2 aromatic rings. The van der Waals surface area contributed by atoms with Gasteiger partial charge in [0.05, 0.1) is 33.9 Å². The highest BCUT2D eigenvalue weighted by Crippen LogP contribution is 2.38. The molecule has 0 aromatic heterocycles. The van der Waals surface area contributed by atoms with E-state index in [2.05, 4.69) is 26.0 Å². The largest absolute Gasteiger partial charge is 0.490 e. The van der Waals surface area contributed by atoms with Gasteiger partial charge in [0.15, 0.2) is 23.2 Å². The van der Waals surface area contributed by atoms with Crippen molar-refractivity contribution in [1.82, 2.24) is 5.32 Å². The molecule has 12 heteroatoms. The predicted molar refractivity (Wildman–Crippen MR) is 135 cm³/mol. The van der Waals surface area contributed by atoms with Crippen LogP contribution in [0.2, 0.25) is 10.0 Å². The number of esters is 1. The van der Waals surface area contributed by atoms with Crippen molar-refractivity contribution in [2.75, 3.05) is 25.2 Å². The van der Waals surface area contributed by atoms with E-state index < -0.39 is 17.8 Å². The molecule has 8 nitrogen and oxygen atoms in total. The van der Waals surface area contributed by atoms with Crippen LogP contribution in [-0.4, -0.2) is 43.2 Å². The fourth-order valence-electron chi connectivity index (χ4n) is 2.97. The van der Waals surface area contributed by atoms with Crippen LogP contribution in [0.15, 0.2) is 40.4 Å². The number of halogens is 3. The summed E-state index contributed by atoms with van der Waals surface area (Å²) < 4.78 is 16.1. The van der Waals surface area contributed by atoms with Crippen LogP contribution in [0.5, 0.6) is 11.5 Å². The Balaban J connectivity index is 2.02. The molecule has 2 amide bonds. The second-order valence-corrected chi connectivity index (χ2v) is 8.68. The molecule has 1 fully saturated rings. The summed E-state index contributed by atoms with van der Waals surface area (Å²) in [5.41, 5.74) is 0.490. The summed E-state index contributed by atoms with van der Waals surface area (Å²) >= 11 is 20.9. The Bertz CT molecular complexity index is 1220. The number of benzene rings is 2. The number of anilines is 1. The summed E-state index contributed by atoms with van der Waals surface area (Å²) in [5, 5.41) is 2.70. The van der Waals surface area contributed by atoms with Crippen LogP contribution in [0.3, 0.4) is 0 Å². The number of hydrogen-bond acceptors (Lipinski definition) is 7. The first-order valence-corrected chi connectivity index (χ1v) is 11.6. The Kier molecular flexibility index (Phi) is 8.53. The summed E-state index contributed by atoms with van der Waals surface area (Å²) in [6.07, 6.45) is 1.38. The van der Waals surface area contributed by atoms with Crippen LogP contribution in [0.4, 0.5) is 5.69 Å². The monoisotopic (exact) mass is 586 g/mol. The number of amides is 2. The van der Waals surface area contributed by atoms with Crippen molar-refractivity contribution < 1.29 is 28.6 Å². The molecule has 1 aliphatic rings. The summed E-state index contributed by atoms with van der Waals surface area (Å²) in [6.45, 7) is 1.74. The van der Waals surface area contributed by atoms with Gasteiger partial charge in [0, 0.05) is 0 Å². The van der Waals surface area contributed by atoms with Crippen molar-refractivity contribution in [3.05, 3.63) is 56.0 Å². The number of methoxy groups -OCH3 is 1. The standard InChI is InChI=1S/C22H17BrCl2N2O6S/c1-3-32-16-9-11(8-13(23)19(16)33-10-17(28)31-2)7-12-20(29)26-22(34)27(21(12)30)15-6-4-5-14(24)18(15)25/h4-9H,3,10H2,1-2H3,(H,26,29,34)/b12-7+. The van der Waals surface area contributed by atoms with Gasteiger partial charge in [-0.05, 0) is 71.0 Å². The van der Waals surface area contributed by atoms with Crippen molar-refractivity contribution in [3.8, 4) is 11.5 Å². The maximum atomic E-state index is 13.3. The molecule has 0 radical (unpaired) electrons. The number of hydrogen-bond donors (Lipinski definition) is 1. The number of carbonyl (C=O) groups excluding carboxylic acids is 3. The molecule has 178 valence electrons. The van der Waals surface area contributed by atoms with Gasteiger partial charge in [-0.3, -0.25) is 19.8 Å². The lowest BCUT2D eigenvalue weighted by atomic mass is 10.1. The molecule has 1 heterocycles. The first kappa shape index (κ1) is 26.0. The smallest absolute Gasteiger partial charge is 0.343 e. The fourth-order valence-corrected chi connectivity index (χ4v) is 4.20. The van der Waals surface area contributed by atoms with E-state index in [0.717, 1.165) is 4.90 Å². The van der Waals surface area contributed by atoms with Gasteiger partial charge in [0.2, 0.25) is 0 Å². The van der Waals surface area contributed by atoms with Crippen LogP contribution in [0.25, 0.3) is 6.08 Å². The molecular weight excluding hydrogens is 571 g/mol. The van der Waals surface area contributed by atoms with E-state index in [0.29, 0.717) is 22.4 Å². The lowest BCUT2D eigenvalue weighted by Gasteiger charge is -2.29. The molecule has 34 heavy (non-hydrogen) atoms. The number of carbonyl (C=O) groups is 3. The van der Waals surface area contributed by atoms with Crippen LogP contribution >= 0.6 is 51.3 Å². The summed E-state index contributed by atoms with van der Waals surface area (Å²) in [4.78, 5) is 38.5. The molecule has 0 unspecified atom stereocenters. The topological polar surface area (TPSA) is 94.2 Å². The van der Waals surface area contributed by atoms with Crippen molar-refractivity contribution >= 4 is 86.0 Å². The zero-order valence-electron chi connectivity index (χ0n) is 17.8. The molecule has 0 bridgehead atoms. The molecule has 3 rings (SSSR count). The molecule has 0 atom stereocenters. The second-order valence-electron chi connectivity index (χ2n) is 6.66. The van der Waals surface area contributed by atoms with Gasteiger partial charge in [0.25, 0.3) is 11.8 Å².